The van der Waals surface area contributed by atoms with Crippen LogP contribution in [0.5, 0.6) is 0 Å². The summed E-state index contributed by atoms with van der Waals surface area (Å²) in [4.78, 5) is 31.1. The number of allylic oxidation sites excluding steroid dienone is 4. The summed E-state index contributed by atoms with van der Waals surface area (Å²) in [5, 5.41) is 10.1. The van der Waals surface area contributed by atoms with Gasteiger partial charge in [0.2, 0.25) is 0 Å². The van der Waals surface area contributed by atoms with Gasteiger partial charge >= 0.3 is 5.69 Å². The Morgan fingerprint density at radius 2 is 2.09 bits per heavy atom. The van der Waals surface area contributed by atoms with Crippen molar-refractivity contribution in [2.75, 3.05) is 6.61 Å². The number of aryl methyl sites for hydroxylation is 1. The van der Waals surface area contributed by atoms with E-state index in [1.807, 2.05) is 44.2 Å². The van der Waals surface area contributed by atoms with Crippen LogP contribution in [0.3, 0.4) is 0 Å². The molecule has 2 atom stereocenters. The first-order chi connectivity index (χ1) is 15.4. The molecule has 1 fully saturated rings. The van der Waals surface area contributed by atoms with Crippen molar-refractivity contribution < 1.29 is 9.84 Å². The summed E-state index contributed by atoms with van der Waals surface area (Å²) < 4.78 is 8.70. The molecule has 1 aliphatic rings. The van der Waals surface area contributed by atoms with Gasteiger partial charge in [-0.2, -0.15) is 0 Å². The second-order valence-corrected chi connectivity index (χ2v) is 10.2. The van der Waals surface area contributed by atoms with Crippen molar-refractivity contribution in [1.82, 2.24) is 14.1 Å². The maximum Gasteiger partial charge on any atom is 0.333 e. The molecule has 2 unspecified atom stereocenters. The third-order valence-electron chi connectivity index (χ3n) is 5.12. The van der Waals surface area contributed by atoms with Crippen LogP contribution >= 0.6 is 21.6 Å². The Balaban J connectivity index is 1.72. The first kappa shape index (κ1) is 24.6. The zero-order chi connectivity index (χ0) is 23.1. The predicted molar refractivity (Wildman–Crippen MR) is 130 cm³/mol. The van der Waals surface area contributed by atoms with Gasteiger partial charge < -0.3 is 9.84 Å². The van der Waals surface area contributed by atoms with Crippen LogP contribution in [0.15, 0.2) is 67.8 Å². The maximum absolute atomic E-state index is 13.1. The molecule has 3 heterocycles. The highest BCUT2D eigenvalue weighted by molar-refractivity contribution is 8.78. The number of nitrogens with zero attached hydrogens (tertiary/aromatic N) is 3. The number of pyridine rings is 1. The van der Waals surface area contributed by atoms with Gasteiger partial charge in [0, 0.05) is 24.6 Å². The largest absolute Gasteiger partial charge is 0.396 e. The quantitative estimate of drug-likeness (QED) is 0.432. The zero-order valence-electron chi connectivity index (χ0n) is 18.6. The van der Waals surface area contributed by atoms with Gasteiger partial charge in [0.1, 0.15) is 11.3 Å². The summed E-state index contributed by atoms with van der Waals surface area (Å²) >= 11 is 0. The summed E-state index contributed by atoms with van der Waals surface area (Å²) in [6.45, 7) is 5.90. The van der Waals surface area contributed by atoms with Crippen LogP contribution in [0, 0.1) is 6.92 Å². The van der Waals surface area contributed by atoms with E-state index in [4.69, 9.17) is 9.84 Å². The molecule has 0 saturated carbocycles. The van der Waals surface area contributed by atoms with Crippen LogP contribution in [0.2, 0.25) is 0 Å². The van der Waals surface area contributed by atoms with Gasteiger partial charge in [-0.05, 0) is 67.9 Å². The Kier molecular flexibility index (Phi) is 8.98. The van der Waals surface area contributed by atoms with Crippen LogP contribution in [0.25, 0.3) is 0 Å². The maximum atomic E-state index is 13.1. The van der Waals surface area contributed by atoms with Gasteiger partial charge in [-0.25, -0.2) is 9.78 Å². The first-order valence-corrected chi connectivity index (χ1v) is 12.7. The van der Waals surface area contributed by atoms with Crippen molar-refractivity contribution in [3.05, 3.63) is 79.6 Å². The standard InChI is InChI=1S/C23H29N3O4S2/c1-16(7-8-18(3)31-32-20-6-4-5-12-24-20)14-26-22(28)17(2)15-25(23(26)29)21-10-9-19(30-21)11-13-27/h4-8,12,15,19,21,27H,9-11,13-14H2,1-3H3/b16-7+,18-8+. The van der Waals surface area contributed by atoms with Gasteiger partial charge in [-0.15, -0.1) is 0 Å². The zero-order valence-corrected chi connectivity index (χ0v) is 20.2. The van der Waals surface area contributed by atoms with Crippen molar-refractivity contribution in [2.45, 2.75) is 63.9 Å². The highest BCUT2D eigenvalue weighted by atomic mass is 33.1. The number of rotatable bonds is 9. The lowest BCUT2D eigenvalue weighted by molar-refractivity contribution is -0.0110. The Morgan fingerprint density at radius 1 is 1.28 bits per heavy atom. The van der Waals surface area contributed by atoms with E-state index in [0.717, 1.165) is 21.9 Å². The number of ether oxygens (including phenoxy) is 1. The smallest absolute Gasteiger partial charge is 0.333 e. The highest BCUT2D eigenvalue weighted by Gasteiger charge is 2.27. The van der Waals surface area contributed by atoms with Gasteiger partial charge in [-0.3, -0.25) is 13.9 Å². The molecule has 7 nitrogen and oxygen atoms in total. The van der Waals surface area contributed by atoms with Crippen molar-refractivity contribution >= 4 is 21.6 Å². The summed E-state index contributed by atoms with van der Waals surface area (Å²) in [6, 6.07) is 5.80. The Morgan fingerprint density at radius 3 is 2.81 bits per heavy atom. The van der Waals surface area contributed by atoms with E-state index in [0.29, 0.717) is 18.4 Å². The molecular weight excluding hydrogens is 446 g/mol. The van der Waals surface area contributed by atoms with E-state index in [1.165, 1.54) is 9.13 Å². The molecule has 172 valence electrons. The predicted octanol–water partition coefficient (Wildman–Crippen LogP) is 4.06. The Hall–Kier alpha value is -2.07. The fraction of sp³-hybridized carbons (Fsp3) is 0.435. The van der Waals surface area contributed by atoms with E-state index >= 15 is 0 Å². The molecule has 3 rings (SSSR count). The average Bonchev–Trinajstić information content (AvgIpc) is 3.25. The minimum Gasteiger partial charge on any atom is -0.396 e. The van der Waals surface area contributed by atoms with E-state index in [1.54, 1.807) is 40.9 Å². The lowest BCUT2D eigenvalue weighted by Crippen LogP contribution is -2.42. The Labute approximate surface area is 195 Å². The highest BCUT2D eigenvalue weighted by Crippen LogP contribution is 2.35. The summed E-state index contributed by atoms with van der Waals surface area (Å²) in [5.74, 6) is 0. The lowest BCUT2D eigenvalue weighted by atomic mass is 10.2. The molecule has 0 aromatic carbocycles. The molecule has 2 aromatic heterocycles. The molecule has 0 spiro atoms. The van der Waals surface area contributed by atoms with Crippen LogP contribution < -0.4 is 11.2 Å². The Bertz CT molecular complexity index is 1090. The third-order valence-corrected chi connectivity index (χ3v) is 7.57. The van der Waals surface area contributed by atoms with Crippen LogP contribution in [-0.4, -0.2) is 31.9 Å². The molecule has 1 aliphatic heterocycles. The number of hydrogen-bond donors (Lipinski definition) is 1. The minimum atomic E-state index is -0.406. The second kappa shape index (κ2) is 11.7. The number of aromatic nitrogens is 3. The molecular formula is C23H29N3O4S2. The molecule has 1 N–H and O–H groups in total. The molecule has 0 radical (unpaired) electrons. The molecule has 2 aromatic rings. The summed E-state index contributed by atoms with van der Waals surface area (Å²) in [6.07, 6.45) is 8.82. The molecule has 9 heteroatoms. The SMILES string of the molecule is C/C(=C\C=C(/C)SSc1ccccn1)Cn1c(=O)c(C)cn(C2CCC(CCO)O2)c1=O. The second-order valence-electron chi connectivity index (χ2n) is 7.82. The molecule has 0 bridgehead atoms. The van der Waals surface area contributed by atoms with Crippen LogP contribution in [0.1, 0.15) is 44.9 Å². The topological polar surface area (TPSA) is 86.3 Å². The number of aliphatic hydroxyl groups excluding tert-OH is 1. The minimum absolute atomic E-state index is 0.0559. The van der Waals surface area contributed by atoms with Crippen molar-refractivity contribution in [3.63, 3.8) is 0 Å². The van der Waals surface area contributed by atoms with Gasteiger partial charge in [0.15, 0.2) is 0 Å². The molecule has 32 heavy (non-hydrogen) atoms. The first-order valence-electron chi connectivity index (χ1n) is 10.6. The molecule has 0 aliphatic carbocycles. The number of aliphatic hydroxyl groups is 1. The fourth-order valence-corrected chi connectivity index (χ4v) is 5.14. The summed E-state index contributed by atoms with van der Waals surface area (Å²) in [7, 11) is 3.19. The molecule has 1 saturated heterocycles. The third kappa shape index (κ3) is 6.48. The van der Waals surface area contributed by atoms with Crippen LogP contribution in [-0.2, 0) is 11.3 Å². The van der Waals surface area contributed by atoms with Crippen LogP contribution in [0.4, 0.5) is 0 Å². The van der Waals surface area contributed by atoms with Crippen molar-refractivity contribution in [3.8, 4) is 0 Å². The van der Waals surface area contributed by atoms with E-state index in [-0.39, 0.29) is 30.5 Å². The molecule has 0 amide bonds. The number of hydrogen-bond acceptors (Lipinski definition) is 7. The van der Waals surface area contributed by atoms with Crippen molar-refractivity contribution in [2.24, 2.45) is 0 Å². The monoisotopic (exact) mass is 475 g/mol. The van der Waals surface area contributed by atoms with E-state index < -0.39 is 6.23 Å². The fourth-order valence-electron chi connectivity index (χ4n) is 3.45. The van der Waals surface area contributed by atoms with Gasteiger partial charge in [-0.1, -0.05) is 34.6 Å². The van der Waals surface area contributed by atoms with Gasteiger partial charge in [0.25, 0.3) is 5.56 Å². The summed E-state index contributed by atoms with van der Waals surface area (Å²) in [5.41, 5.74) is 0.740. The lowest BCUT2D eigenvalue weighted by Gasteiger charge is -2.18. The van der Waals surface area contributed by atoms with Gasteiger partial charge in [0.05, 0.1) is 12.6 Å². The normalized spacial score (nSPS) is 19.5. The van der Waals surface area contributed by atoms with E-state index in [9.17, 15) is 9.59 Å². The average molecular weight is 476 g/mol. The van der Waals surface area contributed by atoms with E-state index in [2.05, 4.69) is 4.98 Å². The van der Waals surface area contributed by atoms with Crippen molar-refractivity contribution in [1.29, 1.82) is 0 Å².